The maximum atomic E-state index is 6.84. The van der Waals surface area contributed by atoms with E-state index in [1.807, 2.05) is 6.20 Å². The van der Waals surface area contributed by atoms with Gasteiger partial charge in [0.2, 0.25) is 0 Å². The molecule has 1 aliphatic rings. The van der Waals surface area contributed by atoms with E-state index in [1.54, 1.807) is 0 Å². The lowest BCUT2D eigenvalue weighted by Crippen LogP contribution is -2.30. The van der Waals surface area contributed by atoms with Crippen molar-refractivity contribution in [1.82, 2.24) is 9.55 Å². The van der Waals surface area contributed by atoms with Crippen molar-refractivity contribution in [3.8, 4) is 28.4 Å². The first-order valence-corrected chi connectivity index (χ1v) is 22.7. The van der Waals surface area contributed by atoms with Gasteiger partial charge in [0.25, 0.3) is 0 Å². The van der Waals surface area contributed by atoms with Crippen molar-refractivity contribution < 1.29 is 4.74 Å². The van der Waals surface area contributed by atoms with Gasteiger partial charge in [-0.05, 0) is 105 Å². The van der Waals surface area contributed by atoms with Crippen LogP contribution in [0.1, 0.15) is 98.4 Å². The molecule has 324 valence electrons. The van der Waals surface area contributed by atoms with Gasteiger partial charge in [-0.2, -0.15) is 0 Å². The average molecular weight is 843 g/mol. The van der Waals surface area contributed by atoms with Crippen molar-refractivity contribution in [1.29, 1.82) is 0 Å². The van der Waals surface area contributed by atoms with Gasteiger partial charge in [0.1, 0.15) is 17.3 Å². The van der Waals surface area contributed by atoms with Gasteiger partial charge >= 0.3 is 0 Å². The van der Waals surface area contributed by atoms with Gasteiger partial charge in [-0.25, -0.2) is 4.98 Å². The molecule has 3 heterocycles. The van der Waals surface area contributed by atoms with E-state index in [0.29, 0.717) is 6.67 Å². The van der Waals surface area contributed by atoms with Gasteiger partial charge < -0.3 is 14.5 Å². The Morgan fingerprint density at radius 3 is 1.88 bits per heavy atom. The number of ether oxygens (including phenoxy) is 1. The molecule has 6 aromatic carbocycles. The van der Waals surface area contributed by atoms with Crippen molar-refractivity contribution in [3.05, 3.63) is 192 Å². The Balaban J connectivity index is 1.09. The lowest BCUT2D eigenvalue weighted by molar-refractivity contribution is 0.481. The molecule has 0 radical (unpaired) electrons. The maximum absolute atomic E-state index is 6.84. The summed E-state index contributed by atoms with van der Waals surface area (Å²) in [6.45, 7) is 25.8. The van der Waals surface area contributed by atoms with E-state index in [9.17, 15) is 0 Å². The second-order valence-corrected chi connectivity index (χ2v) is 21.2. The number of hydrogen-bond donors (Lipinski definition) is 0. The maximum Gasteiger partial charge on any atom is 0.137 e. The summed E-state index contributed by atoms with van der Waals surface area (Å²) in [6, 6.07) is 54.9. The molecule has 0 saturated heterocycles. The highest BCUT2D eigenvalue weighted by molar-refractivity contribution is 6.10. The summed E-state index contributed by atoms with van der Waals surface area (Å²) in [6.07, 6.45) is 4.28. The van der Waals surface area contributed by atoms with E-state index in [1.165, 1.54) is 50.2 Å². The van der Waals surface area contributed by atoms with Gasteiger partial charge in [0.15, 0.2) is 0 Å². The van der Waals surface area contributed by atoms with Crippen LogP contribution >= 0.6 is 0 Å². The number of pyridine rings is 1. The summed E-state index contributed by atoms with van der Waals surface area (Å²) in [5, 5.41) is 2.35. The minimum atomic E-state index is -0.182. The van der Waals surface area contributed by atoms with E-state index in [2.05, 4.69) is 248 Å². The van der Waals surface area contributed by atoms with Gasteiger partial charge in [-0.15, -0.1) is 0 Å². The molecular formula is C59H62N4O. The standard InChI is InChI=1S/C59H62N4O/c1-56(2,3)43-29-30-60-55(35-43)63-52-28-25-44(59(10,11)42-21-16-13-17-22-42)34-51(52)50-27-26-49(37-53(50)63)64-48-24-18-23-46(36-48)62-39-61(38-54(62)58(7,8)9)47-32-41(40-19-14-12-15-20-40)31-45(33-47)57(4,5)6/h12-38H,39H2,1-11H3. The Kier molecular flexibility index (Phi) is 10.6. The Morgan fingerprint density at radius 1 is 0.469 bits per heavy atom. The zero-order chi connectivity index (χ0) is 45.2. The summed E-state index contributed by atoms with van der Waals surface area (Å²) in [5.74, 6) is 2.45. The van der Waals surface area contributed by atoms with Gasteiger partial charge in [-0.3, -0.25) is 4.57 Å². The fourth-order valence-electron chi connectivity index (χ4n) is 9.05. The van der Waals surface area contributed by atoms with Crippen LogP contribution in [0.2, 0.25) is 0 Å². The quantitative estimate of drug-likeness (QED) is 0.153. The molecule has 0 fully saturated rings. The number of allylic oxidation sites excluding steroid dienone is 1. The number of benzene rings is 6. The van der Waals surface area contributed by atoms with Crippen molar-refractivity contribution in [3.63, 3.8) is 0 Å². The first-order valence-electron chi connectivity index (χ1n) is 22.7. The van der Waals surface area contributed by atoms with Crippen LogP contribution in [-0.4, -0.2) is 16.2 Å². The minimum Gasteiger partial charge on any atom is -0.457 e. The first-order chi connectivity index (χ1) is 30.3. The molecule has 5 nitrogen and oxygen atoms in total. The predicted octanol–water partition coefficient (Wildman–Crippen LogP) is 15.7. The van der Waals surface area contributed by atoms with Crippen LogP contribution in [0, 0.1) is 5.41 Å². The highest BCUT2D eigenvalue weighted by atomic mass is 16.5. The minimum absolute atomic E-state index is 0.00618. The number of rotatable bonds is 8. The number of hydrogen-bond acceptors (Lipinski definition) is 4. The number of anilines is 2. The van der Waals surface area contributed by atoms with Crippen LogP contribution in [0.25, 0.3) is 38.8 Å². The molecule has 0 bridgehead atoms. The molecule has 1 aliphatic heterocycles. The molecule has 64 heavy (non-hydrogen) atoms. The van der Waals surface area contributed by atoms with Gasteiger partial charge in [0.05, 0.1) is 17.7 Å². The third kappa shape index (κ3) is 8.20. The third-order valence-electron chi connectivity index (χ3n) is 13.0. The Hall–Kier alpha value is -6.59. The van der Waals surface area contributed by atoms with Crippen molar-refractivity contribution in [2.45, 2.75) is 92.4 Å². The molecule has 0 spiro atoms. The largest absolute Gasteiger partial charge is 0.457 e. The van der Waals surface area contributed by atoms with E-state index in [0.717, 1.165) is 39.4 Å². The van der Waals surface area contributed by atoms with Crippen LogP contribution in [0.3, 0.4) is 0 Å². The third-order valence-corrected chi connectivity index (χ3v) is 13.0. The van der Waals surface area contributed by atoms with Crippen molar-refractivity contribution in [2.75, 3.05) is 16.5 Å². The summed E-state index contributed by atoms with van der Waals surface area (Å²) >= 11 is 0. The van der Waals surface area contributed by atoms with Crippen LogP contribution in [-0.2, 0) is 16.2 Å². The molecule has 0 N–H and O–H groups in total. The zero-order valence-electron chi connectivity index (χ0n) is 39.5. The summed E-state index contributed by atoms with van der Waals surface area (Å²) in [5.41, 5.74) is 12.9. The van der Waals surface area contributed by atoms with E-state index < -0.39 is 0 Å². The van der Waals surface area contributed by atoms with Crippen LogP contribution in [0.15, 0.2) is 170 Å². The molecule has 0 atom stereocenters. The fourth-order valence-corrected chi connectivity index (χ4v) is 9.05. The summed E-state index contributed by atoms with van der Waals surface area (Å²) in [4.78, 5) is 9.82. The molecule has 2 aromatic heterocycles. The predicted molar refractivity (Wildman–Crippen MR) is 270 cm³/mol. The summed E-state index contributed by atoms with van der Waals surface area (Å²) in [7, 11) is 0. The molecule has 0 amide bonds. The Labute approximate surface area is 380 Å². The lowest BCUT2D eigenvalue weighted by atomic mass is 9.78. The second kappa shape index (κ2) is 15.9. The molecule has 0 saturated carbocycles. The van der Waals surface area contributed by atoms with E-state index in [-0.39, 0.29) is 21.7 Å². The summed E-state index contributed by atoms with van der Waals surface area (Å²) < 4.78 is 9.15. The SMILES string of the molecule is CC(C)(C)C1=CN(c2cc(-c3ccccc3)cc(C(C)(C)C)c2)CN1c1cccc(Oc2ccc3c4cc(C(C)(C)c5ccccc5)ccc4n(-c4cc(C(C)(C)C)ccn4)c3c2)c1. The Bertz CT molecular complexity index is 3030. The molecule has 0 unspecified atom stereocenters. The topological polar surface area (TPSA) is 33.5 Å². The van der Waals surface area contributed by atoms with Crippen LogP contribution in [0.5, 0.6) is 11.5 Å². The normalized spacial score (nSPS) is 13.8. The lowest BCUT2D eigenvalue weighted by Gasteiger charge is -2.31. The Morgan fingerprint density at radius 2 is 1.17 bits per heavy atom. The van der Waals surface area contributed by atoms with Gasteiger partial charge in [-0.1, -0.05) is 155 Å². The number of nitrogens with zero attached hydrogens (tertiary/aromatic N) is 4. The second-order valence-electron chi connectivity index (χ2n) is 21.2. The molecule has 0 aliphatic carbocycles. The average Bonchev–Trinajstić information content (AvgIpc) is 3.87. The van der Waals surface area contributed by atoms with E-state index in [4.69, 9.17) is 9.72 Å². The fraction of sp³-hybridized carbons (Fsp3) is 0.271. The smallest absolute Gasteiger partial charge is 0.137 e. The van der Waals surface area contributed by atoms with Gasteiger partial charge in [0, 0.05) is 63.2 Å². The number of fused-ring (bicyclic) bond motifs is 3. The van der Waals surface area contributed by atoms with Crippen LogP contribution < -0.4 is 14.5 Å². The molecular weight excluding hydrogens is 781 g/mol. The first kappa shape index (κ1) is 42.7. The molecule has 9 rings (SSSR count). The molecule has 5 heteroatoms. The van der Waals surface area contributed by atoms with Crippen molar-refractivity contribution in [2.24, 2.45) is 5.41 Å². The highest BCUT2D eigenvalue weighted by Gasteiger charge is 2.32. The highest BCUT2D eigenvalue weighted by Crippen LogP contribution is 2.43. The number of aromatic nitrogens is 2. The zero-order valence-corrected chi connectivity index (χ0v) is 39.5. The van der Waals surface area contributed by atoms with Crippen molar-refractivity contribution >= 4 is 33.2 Å². The molecule has 8 aromatic rings. The van der Waals surface area contributed by atoms with Crippen LogP contribution in [0.4, 0.5) is 11.4 Å². The van der Waals surface area contributed by atoms with E-state index >= 15 is 0 Å². The monoisotopic (exact) mass is 842 g/mol.